The van der Waals surface area contributed by atoms with Gasteiger partial charge in [-0.3, -0.25) is 0 Å². The van der Waals surface area contributed by atoms with Gasteiger partial charge in [0.25, 0.3) is 0 Å². The number of para-hydroxylation sites is 3. The molecule has 0 amide bonds. The Hall–Kier alpha value is -5.10. The van der Waals surface area contributed by atoms with E-state index in [-0.39, 0.29) is 0 Å². The normalized spacial score (nSPS) is 12.7. The average Bonchev–Trinajstić information content (AvgIpc) is 3.47. The van der Waals surface area contributed by atoms with Gasteiger partial charge < -0.3 is 9.88 Å². The van der Waals surface area contributed by atoms with Crippen LogP contribution in [0.25, 0.3) is 49.7 Å². The molecule has 5 heteroatoms. The second kappa shape index (κ2) is 10.7. The van der Waals surface area contributed by atoms with Crippen molar-refractivity contribution in [2.45, 2.75) is 19.6 Å². The van der Waals surface area contributed by atoms with E-state index >= 15 is 0 Å². The largest absolute Gasteiger partial charge is 0.355 e. The minimum atomic E-state index is 1.07. The molecule has 1 N–H and O–H groups in total. The summed E-state index contributed by atoms with van der Waals surface area (Å²) in [6.07, 6.45) is 0. The number of nitrogens with one attached hydrogen (secondary N) is 1. The number of hydrogen-bond acceptors (Lipinski definition) is 3. The molecule has 2 nitrogen and oxygen atoms in total. The van der Waals surface area contributed by atoms with E-state index < -0.39 is 0 Å². The van der Waals surface area contributed by atoms with Crippen LogP contribution in [0, 0.1) is 0 Å². The van der Waals surface area contributed by atoms with E-state index in [4.69, 9.17) is 0 Å². The van der Waals surface area contributed by atoms with Gasteiger partial charge in [-0.1, -0.05) is 126 Å². The SMILES string of the molecule is [B]1c2c(-c3cc4c(cc3Nc3ccccc3)Sc3ccccc3S4)cc(-c3ccccc3)cc2-n2c3ccccc3c3cccc1c32. The van der Waals surface area contributed by atoms with Gasteiger partial charge in [-0.25, -0.2) is 0 Å². The molecule has 8 aromatic rings. The standard InChI is InChI=1S/C42H26BN2S2/c1-3-12-26(13-4-1)27-22-32(41-36(23-27)45-35-19-8-7-16-29(35)30-17-11-18-33(43-41)42(30)45)31-24-39-40(47-38-21-10-9-20-37(38)46-39)25-34(31)44-28-14-5-2-6-15-28/h1-25,44H. The molecule has 2 aliphatic rings. The van der Waals surface area contributed by atoms with Gasteiger partial charge >= 0.3 is 0 Å². The molecular formula is C42H26BN2S2. The summed E-state index contributed by atoms with van der Waals surface area (Å²) in [5, 5.41) is 6.40. The molecule has 2 aliphatic heterocycles. The van der Waals surface area contributed by atoms with E-state index in [1.807, 2.05) is 23.5 Å². The third-order valence-corrected chi connectivity index (χ3v) is 11.8. The fourth-order valence-electron chi connectivity index (χ4n) is 7.14. The Morgan fingerprint density at radius 2 is 1.19 bits per heavy atom. The Kier molecular flexibility index (Phi) is 6.18. The Morgan fingerprint density at radius 1 is 0.511 bits per heavy atom. The first kappa shape index (κ1) is 27.1. The Labute approximate surface area is 282 Å². The third kappa shape index (κ3) is 4.38. The molecule has 0 bridgehead atoms. The minimum Gasteiger partial charge on any atom is -0.355 e. The lowest BCUT2D eigenvalue weighted by Gasteiger charge is -2.27. The zero-order valence-electron chi connectivity index (χ0n) is 25.3. The molecule has 0 saturated carbocycles. The van der Waals surface area contributed by atoms with Crippen LogP contribution in [0.15, 0.2) is 171 Å². The van der Waals surface area contributed by atoms with Crippen LogP contribution >= 0.6 is 23.5 Å². The third-order valence-electron chi connectivity index (χ3n) is 9.25. The fraction of sp³-hybridized carbons (Fsp3) is 0. The lowest BCUT2D eigenvalue weighted by atomic mass is 9.59. The van der Waals surface area contributed by atoms with Crippen molar-refractivity contribution < 1.29 is 0 Å². The Balaban J connectivity index is 1.28. The lowest BCUT2D eigenvalue weighted by Crippen LogP contribution is -2.37. The predicted octanol–water partition coefficient (Wildman–Crippen LogP) is 10.4. The molecule has 0 unspecified atom stereocenters. The molecule has 3 heterocycles. The van der Waals surface area contributed by atoms with Crippen LogP contribution < -0.4 is 16.2 Å². The summed E-state index contributed by atoms with van der Waals surface area (Å²) < 4.78 is 2.49. The Morgan fingerprint density at radius 3 is 2.00 bits per heavy atom. The van der Waals surface area contributed by atoms with Crippen molar-refractivity contribution in [3.63, 3.8) is 0 Å². The van der Waals surface area contributed by atoms with E-state index in [0.29, 0.717) is 0 Å². The van der Waals surface area contributed by atoms with Crippen molar-refractivity contribution in [3.8, 4) is 27.9 Å². The lowest BCUT2D eigenvalue weighted by molar-refractivity contribution is 1.16. The van der Waals surface area contributed by atoms with Gasteiger partial charge in [-0.15, -0.1) is 0 Å². The summed E-state index contributed by atoms with van der Waals surface area (Å²) in [7, 11) is 2.41. The van der Waals surface area contributed by atoms with Crippen LogP contribution in [-0.2, 0) is 0 Å². The van der Waals surface area contributed by atoms with Gasteiger partial charge in [0.15, 0.2) is 7.28 Å². The zero-order valence-corrected chi connectivity index (χ0v) is 26.9. The van der Waals surface area contributed by atoms with Crippen LogP contribution in [0.5, 0.6) is 0 Å². The van der Waals surface area contributed by atoms with Gasteiger partial charge in [-0.2, -0.15) is 0 Å². The topological polar surface area (TPSA) is 17.0 Å². The first-order chi connectivity index (χ1) is 23.3. The van der Waals surface area contributed by atoms with Crippen molar-refractivity contribution in [2.75, 3.05) is 5.32 Å². The van der Waals surface area contributed by atoms with Crippen LogP contribution in [0.2, 0.25) is 0 Å². The van der Waals surface area contributed by atoms with Crippen LogP contribution in [0.1, 0.15) is 0 Å². The quantitative estimate of drug-likeness (QED) is 0.194. The summed E-state index contributed by atoms with van der Waals surface area (Å²) in [6, 6.07) is 55.1. The van der Waals surface area contributed by atoms with Gasteiger partial charge in [-0.05, 0) is 76.8 Å². The number of hydrogen-bond donors (Lipinski definition) is 1. The van der Waals surface area contributed by atoms with Gasteiger partial charge in [0.1, 0.15) is 0 Å². The summed E-state index contributed by atoms with van der Waals surface area (Å²) in [5.74, 6) is 0. The van der Waals surface area contributed by atoms with E-state index in [0.717, 1.165) is 11.4 Å². The van der Waals surface area contributed by atoms with Gasteiger partial charge in [0.05, 0.1) is 5.52 Å². The van der Waals surface area contributed by atoms with Crippen molar-refractivity contribution in [1.29, 1.82) is 0 Å². The smallest absolute Gasteiger partial charge is 0.197 e. The minimum absolute atomic E-state index is 1.07. The fourth-order valence-corrected chi connectivity index (χ4v) is 9.42. The molecule has 0 fully saturated rings. The first-order valence-corrected chi connectivity index (χ1v) is 17.5. The molecule has 0 saturated heterocycles. The van der Waals surface area contributed by atoms with E-state index in [9.17, 15) is 0 Å². The first-order valence-electron chi connectivity index (χ1n) is 15.8. The number of benzene rings is 7. The molecule has 0 spiro atoms. The molecule has 10 rings (SSSR count). The van der Waals surface area contributed by atoms with Crippen LogP contribution in [0.3, 0.4) is 0 Å². The highest BCUT2D eigenvalue weighted by molar-refractivity contribution is 8.05. The van der Waals surface area contributed by atoms with E-state index in [1.165, 1.54) is 80.3 Å². The maximum absolute atomic E-state index is 3.83. The summed E-state index contributed by atoms with van der Waals surface area (Å²) >= 11 is 3.72. The molecule has 47 heavy (non-hydrogen) atoms. The van der Waals surface area contributed by atoms with Gasteiger partial charge in [0.2, 0.25) is 0 Å². The van der Waals surface area contributed by atoms with Crippen LogP contribution in [-0.4, -0.2) is 11.8 Å². The average molecular weight is 634 g/mol. The number of fused-ring (bicyclic) bond motifs is 7. The van der Waals surface area contributed by atoms with Crippen molar-refractivity contribution in [2.24, 2.45) is 0 Å². The molecule has 0 atom stereocenters. The number of aromatic nitrogens is 1. The maximum atomic E-state index is 3.83. The van der Waals surface area contributed by atoms with Gasteiger partial charge in [0, 0.05) is 58.5 Å². The van der Waals surface area contributed by atoms with E-state index in [2.05, 4.69) is 169 Å². The Bertz CT molecular complexity index is 2520. The second-order valence-corrected chi connectivity index (χ2v) is 14.2. The monoisotopic (exact) mass is 633 g/mol. The molecule has 1 radical (unpaired) electrons. The number of anilines is 2. The summed E-state index contributed by atoms with van der Waals surface area (Å²) in [4.78, 5) is 5.17. The number of rotatable bonds is 4. The molecular weight excluding hydrogens is 607 g/mol. The van der Waals surface area contributed by atoms with Crippen LogP contribution in [0.4, 0.5) is 11.4 Å². The molecule has 7 aromatic carbocycles. The summed E-state index contributed by atoms with van der Waals surface area (Å²) in [6.45, 7) is 0. The highest BCUT2D eigenvalue weighted by Gasteiger charge is 2.28. The molecule has 0 aliphatic carbocycles. The summed E-state index contributed by atoms with van der Waals surface area (Å²) in [5.41, 5.74) is 13.2. The van der Waals surface area contributed by atoms with Crippen molar-refractivity contribution in [3.05, 3.63) is 152 Å². The zero-order chi connectivity index (χ0) is 30.9. The predicted molar refractivity (Wildman–Crippen MR) is 201 cm³/mol. The molecule has 219 valence electrons. The highest BCUT2D eigenvalue weighted by atomic mass is 32.2. The highest BCUT2D eigenvalue weighted by Crippen LogP contribution is 2.51. The van der Waals surface area contributed by atoms with Crippen molar-refractivity contribution in [1.82, 2.24) is 4.57 Å². The second-order valence-electron chi connectivity index (χ2n) is 12.0. The van der Waals surface area contributed by atoms with E-state index in [1.54, 1.807) is 0 Å². The maximum Gasteiger partial charge on any atom is 0.197 e. The van der Waals surface area contributed by atoms with Crippen molar-refractivity contribution >= 4 is 74.9 Å². The molecule has 1 aromatic heterocycles. The number of nitrogens with zero attached hydrogens (tertiary/aromatic N) is 1.